The minimum Gasteiger partial charge on any atom is -0.481 e. The van der Waals surface area contributed by atoms with Crippen LogP contribution < -0.4 is 31.9 Å². The van der Waals surface area contributed by atoms with Crippen molar-refractivity contribution in [3.63, 3.8) is 0 Å². The minimum absolute atomic E-state index is 0.0420. The highest BCUT2D eigenvalue weighted by Gasteiger charge is 2.30. The summed E-state index contributed by atoms with van der Waals surface area (Å²) in [6.07, 6.45) is 29.0. The molecule has 21 heteroatoms. The van der Waals surface area contributed by atoms with Gasteiger partial charge < -0.3 is 61.4 Å². The van der Waals surface area contributed by atoms with Crippen LogP contribution in [0.3, 0.4) is 0 Å². The van der Waals surface area contributed by atoms with Crippen molar-refractivity contribution in [2.45, 2.75) is 257 Å². The Labute approximate surface area is 497 Å². The Hall–Kier alpha value is -4.89. The average Bonchev–Trinajstić information content (AvgIpc) is 3.48. The molecule has 6 amide bonds. The van der Waals surface area contributed by atoms with E-state index in [0.29, 0.717) is 84.2 Å². The molecule has 0 aromatic carbocycles. The molecule has 0 spiro atoms. The third-order valence-electron chi connectivity index (χ3n) is 14.5. The largest absolute Gasteiger partial charge is 0.481 e. The number of carbonyl (C=O) groups excluding carboxylic acids is 6. The summed E-state index contributed by atoms with van der Waals surface area (Å²) in [7, 11) is 0. The highest BCUT2D eigenvalue weighted by molar-refractivity contribution is 5.77. The Balaban J connectivity index is 4.60. The van der Waals surface area contributed by atoms with E-state index < -0.39 is 23.3 Å². The van der Waals surface area contributed by atoms with Crippen LogP contribution >= 0.6 is 0 Å². The molecule has 0 unspecified atom stereocenters. The predicted molar refractivity (Wildman–Crippen MR) is 322 cm³/mol. The van der Waals surface area contributed by atoms with Gasteiger partial charge in [-0.1, -0.05) is 116 Å². The van der Waals surface area contributed by atoms with Gasteiger partial charge in [-0.2, -0.15) is 0 Å². The van der Waals surface area contributed by atoms with Crippen LogP contribution in [0.2, 0.25) is 0 Å². The van der Waals surface area contributed by atoms with E-state index in [2.05, 4.69) is 31.9 Å². The molecule has 0 radical (unpaired) electrons. The fourth-order valence-electron chi connectivity index (χ4n) is 9.13. The fraction of sp³-hybridized carbons (Fsp3) is 0.855. The lowest BCUT2D eigenvalue weighted by molar-refractivity contribution is -0.138. The topological polar surface area (TPSA) is 314 Å². The quantitative estimate of drug-likeness (QED) is 0.0256. The molecule has 0 aliphatic heterocycles. The SMILES string of the molecule is CCC(COCCC(=O)NCCCCCCCC(=O)NCCCCCCCC(=O)O)(COCCC(=O)NCCCCCCCC(=O)NCCCCCCCC(=O)O)COCCC(=O)NCCCCCCC(=O)NCCCCCCCC(=O)O. The number of carbonyl (C=O) groups is 9. The lowest BCUT2D eigenvalue weighted by atomic mass is 9.88. The van der Waals surface area contributed by atoms with Gasteiger partial charge in [0.25, 0.3) is 0 Å². The Morgan fingerprint density at radius 1 is 0.265 bits per heavy atom. The predicted octanol–water partition coefficient (Wildman–Crippen LogP) is 9.21. The van der Waals surface area contributed by atoms with E-state index in [1.54, 1.807) is 0 Å². The maximum atomic E-state index is 12.7. The van der Waals surface area contributed by atoms with Gasteiger partial charge in [0.15, 0.2) is 0 Å². The van der Waals surface area contributed by atoms with Crippen LogP contribution in [0.1, 0.15) is 257 Å². The summed E-state index contributed by atoms with van der Waals surface area (Å²) < 4.78 is 18.2. The van der Waals surface area contributed by atoms with Crippen LogP contribution in [0.4, 0.5) is 0 Å². The number of rotatable bonds is 63. The van der Waals surface area contributed by atoms with Crippen molar-refractivity contribution in [2.75, 3.05) is 78.9 Å². The number of hydrogen-bond acceptors (Lipinski definition) is 12. The van der Waals surface area contributed by atoms with Gasteiger partial charge >= 0.3 is 17.9 Å². The average molecular weight is 1180 g/mol. The van der Waals surface area contributed by atoms with E-state index in [9.17, 15) is 43.2 Å². The number of nitrogens with one attached hydrogen (secondary N) is 6. The lowest BCUT2D eigenvalue weighted by Gasteiger charge is -2.32. The van der Waals surface area contributed by atoms with Crippen molar-refractivity contribution >= 4 is 53.4 Å². The zero-order valence-electron chi connectivity index (χ0n) is 51.3. The molecule has 0 aromatic rings. The maximum absolute atomic E-state index is 12.7. The zero-order chi connectivity index (χ0) is 61.1. The number of carboxylic acid groups (broad SMARTS) is 3. The second kappa shape index (κ2) is 57.5. The molecule has 0 rings (SSSR count). The van der Waals surface area contributed by atoms with Gasteiger partial charge in [0.2, 0.25) is 35.4 Å². The van der Waals surface area contributed by atoms with Crippen LogP contribution in [-0.2, 0) is 57.4 Å². The van der Waals surface area contributed by atoms with E-state index >= 15 is 0 Å². The summed E-state index contributed by atoms with van der Waals surface area (Å²) in [6, 6.07) is 0. The van der Waals surface area contributed by atoms with Crippen molar-refractivity contribution < 1.29 is 72.7 Å². The van der Waals surface area contributed by atoms with E-state index in [0.717, 1.165) is 167 Å². The van der Waals surface area contributed by atoms with E-state index in [1.165, 1.54) is 0 Å². The minimum atomic E-state index is -0.764. The van der Waals surface area contributed by atoms with Gasteiger partial charge in [0.1, 0.15) is 0 Å². The summed E-state index contributed by atoms with van der Waals surface area (Å²) in [5, 5.41) is 43.9. The normalized spacial score (nSPS) is 11.2. The molecule has 0 saturated carbocycles. The van der Waals surface area contributed by atoms with Gasteiger partial charge in [-0.05, 0) is 83.5 Å². The molecule has 0 atom stereocenters. The number of ether oxygens (including phenoxy) is 3. The third kappa shape index (κ3) is 57.3. The Bertz CT molecular complexity index is 1630. The van der Waals surface area contributed by atoms with Crippen molar-refractivity contribution in [3.8, 4) is 0 Å². The maximum Gasteiger partial charge on any atom is 0.303 e. The van der Waals surface area contributed by atoms with E-state index in [1.807, 2.05) is 6.92 Å². The van der Waals surface area contributed by atoms with Crippen molar-refractivity contribution in [2.24, 2.45) is 5.41 Å². The summed E-state index contributed by atoms with van der Waals surface area (Å²) in [5.74, 6) is -2.43. The second-order valence-electron chi connectivity index (χ2n) is 22.3. The summed E-state index contributed by atoms with van der Waals surface area (Å²) >= 11 is 0. The highest BCUT2D eigenvalue weighted by Crippen LogP contribution is 2.25. The Kier molecular flexibility index (Phi) is 54.1. The van der Waals surface area contributed by atoms with E-state index in [4.69, 9.17) is 29.5 Å². The first-order valence-corrected chi connectivity index (χ1v) is 32.2. The first kappa shape index (κ1) is 78.1. The lowest BCUT2D eigenvalue weighted by Crippen LogP contribution is -2.38. The number of aliphatic carboxylic acids is 3. The first-order valence-electron chi connectivity index (χ1n) is 32.2. The number of hydrogen-bond donors (Lipinski definition) is 9. The van der Waals surface area contributed by atoms with Crippen LogP contribution in [0.25, 0.3) is 0 Å². The molecule has 0 bridgehead atoms. The number of unbranched alkanes of at least 4 members (excludes halogenated alkanes) is 23. The van der Waals surface area contributed by atoms with Crippen molar-refractivity contribution in [1.82, 2.24) is 31.9 Å². The number of carboxylic acids is 3. The zero-order valence-corrected chi connectivity index (χ0v) is 51.3. The van der Waals surface area contributed by atoms with Crippen LogP contribution in [0.15, 0.2) is 0 Å². The number of amides is 6. The Morgan fingerprint density at radius 3 is 0.651 bits per heavy atom. The van der Waals surface area contributed by atoms with Gasteiger partial charge in [-0.3, -0.25) is 43.2 Å². The smallest absolute Gasteiger partial charge is 0.303 e. The molecule has 9 N–H and O–H groups in total. The molecule has 482 valence electrons. The first-order chi connectivity index (χ1) is 40.2. The highest BCUT2D eigenvalue weighted by atomic mass is 16.5. The van der Waals surface area contributed by atoms with Gasteiger partial charge in [-0.15, -0.1) is 0 Å². The van der Waals surface area contributed by atoms with Gasteiger partial charge in [0, 0.05) is 102 Å². The van der Waals surface area contributed by atoms with Crippen LogP contribution in [0.5, 0.6) is 0 Å². The molecule has 0 fully saturated rings. The molecular formula is C62H114N6O15. The fourth-order valence-corrected chi connectivity index (χ4v) is 9.13. The Morgan fingerprint density at radius 2 is 0.446 bits per heavy atom. The van der Waals surface area contributed by atoms with Crippen LogP contribution in [-0.4, -0.2) is 148 Å². The van der Waals surface area contributed by atoms with Gasteiger partial charge in [0.05, 0.1) is 39.6 Å². The summed E-state index contributed by atoms with van der Waals surface area (Å²) in [5.41, 5.74) is -0.580. The molecule has 0 aliphatic carbocycles. The second-order valence-corrected chi connectivity index (χ2v) is 22.3. The molecule has 0 aromatic heterocycles. The molecule has 0 saturated heterocycles. The van der Waals surface area contributed by atoms with Crippen molar-refractivity contribution in [3.05, 3.63) is 0 Å². The van der Waals surface area contributed by atoms with Crippen molar-refractivity contribution in [1.29, 1.82) is 0 Å². The monoisotopic (exact) mass is 1180 g/mol. The molecule has 21 nitrogen and oxygen atoms in total. The molecular weight excluding hydrogens is 1070 g/mol. The summed E-state index contributed by atoms with van der Waals surface area (Å²) in [6.45, 7) is 6.98. The third-order valence-corrected chi connectivity index (χ3v) is 14.5. The molecule has 0 aliphatic rings. The molecule has 0 heterocycles. The van der Waals surface area contributed by atoms with Crippen LogP contribution in [0, 0.1) is 5.41 Å². The standard InChI is InChI=1S/C62H114N6O15/c1-2-62(52-83-49-40-58(74)68-46-31-19-13-22-34-55(71)65-43-28-18-7-12-25-37-61(79)80,50-81-47-38-56(72)66-44-29-14-3-8-20-32-53(69)63-41-26-16-5-10-23-35-59(75)76)51-82-48-39-57(73)67-45-30-15-4-9-21-33-54(70)64-42-27-17-6-11-24-36-60(77)78/h2-52H2,1H3,(H,63,69)(H,64,70)(H,65,71)(H,66,72)(H,67,73)(H,68,74)(H,75,76)(H,77,78)(H,79,80). The van der Waals surface area contributed by atoms with Gasteiger partial charge in [-0.25, -0.2) is 0 Å². The van der Waals surface area contributed by atoms with E-state index in [-0.39, 0.29) is 114 Å². The summed E-state index contributed by atoms with van der Waals surface area (Å²) in [4.78, 5) is 106. The molecule has 83 heavy (non-hydrogen) atoms.